The molecule has 4 nitrogen and oxygen atoms in total. The van der Waals surface area contributed by atoms with Gasteiger partial charge in [-0.3, -0.25) is 0 Å². The smallest absolute Gasteiger partial charge is 0.208 e. The zero-order valence-electron chi connectivity index (χ0n) is 9.06. The maximum Gasteiger partial charge on any atom is 0.208 e. The average Bonchev–Trinajstić information content (AvgIpc) is 2.50. The van der Waals surface area contributed by atoms with E-state index in [-0.39, 0.29) is 6.10 Å². The highest BCUT2D eigenvalue weighted by molar-refractivity contribution is 7.15. The molecule has 80 valence electrons. The molecule has 0 fully saturated rings. The summed E-state index contributed by atoms with van der Waals surface area (Å²) in [5.74, 6) is 0.418. The molecule has 0 saturated carbocycles. The molecule has 0 aliphatic carbocycles. The highest BCUT2D eigenvalue weighted by Gasteiger charge is 2.12. The van der Waals surface area contributed by atoms with Gasteiger partial charge in [-0.2, -0.15) is 0 Å². The first kappa shape index (κ1) is 11.4. The molecule has 1 rings (SSSR count). The first-order valence-electron chi connectivity index (χ1n) is 4.73. The van der Waals surface area contributed by atoms with Gasteiger partial charge in [0.15, 0.2) is 0 Å². The summed E-state index contributed by atoms with van der Waals surface area (Å²) in [6.45, 7) is 6.55. The van der Waals surface area contributed by atoms with Crippen LogP contribution in [0.2, 0.25) is 0 Å². The fourth-order valence-electron chi connectivity index (χ4n) is 1.09. The Balaban J connectivity index is 2.66. The SMILES string of the molecule is CC(C)c1nnc(N(C)C[C@H](C)O)s1. The van der Waals surface area contributed by atoms with Gasteiger partial charge in [0.05, 0.1) is 6.10 Å². The molecule has 1 heterocycles. The summed E-state index contributed by atoms with van der Waals surface area (Å²) < 4.78 is 0. The molecule has 0 radical (unpaired) electrons. The third kappa shape index (κ3) is 2.92. The summed E-state index contributed by atoms with van der Waals surface area (Å²) in [6, 6.07) is 0. The van der Waals surface area contributed by atoms with Gasteiger partial charge in [-0.25, -0.2) is 0 Å². The van der Waals surface area contributed by atoms with Crippen molar-refractivity contribution in [2.75, 3.05) is 18.5 Å². The van der Waals surface area contributed by atoms with Gasteiger partial charge in [-0.05, 0) is 6.92 Å². The summed E-state index contributed by atoms with van der Waals surface area (Å²) in [7, 11) is 1.91. The van der Waals surface area contributed by atoms with Crippen molar-refractivity contribution in [2.24, 2.45) is 0 Å². The molecule has 1 aromatic rings. The largest absolute Gasteiger partial charge is 0.392 e. The van der Waals surface area contributed by atoms with Crippen LogP contribution in [0.3, 0.4) is 0 Å². The minimum atomic E-state index is -0.341. The molecular weight excluding hydrogens is 198 g/mol. The molecule has 1 aromatic heterocycles. The van der Waals surface area contributed by atoms with Crippen LogP contribution in [0.15, 0.2) is 0 Å². The summed E-state index contributed by atoms with van der Waals surface area (Å²) in [5.41, 5.74) is 0. The number of aliphatic hydroxyl groups excluding tert-OH is 1. The predicted molar refractivity (Wildman–Crippen MR) is 58.9 cm³/mol. The van der Waals surface area contributed by atoms with Crippen LogP contribution in [-0.4, -0.2) is 35.0 Å². The summed E-state index contributed by atoms with van der Waals surface area (Å²) in [5, 5.41) is 19.3. The van der Waals surface area contributed by atoms with Crippen LogP contribution in [-0.2, 0) is 0 Å². The van der Waals surface area contributed by atoms with E-state index in [1.54, 1.807) is 18.3 Å². The van der Waals surface area contributed by atoms with Crippen LogP contribution in [0.5, 0.6) is 0 Å². The monoisotopic (exact) mass is 215 g/mol. The number of anilines is 1. The van der Waals surface area contributed by atoms with Crippen LogP contribution >= 0.6 is 11.3 Å². The van der Waals surface area contributed by atoms with Gasteiger partial charge in [-0.15, -0.1) is 10.2 Å². The first-order chi connectivity index (χ1) is 6.50. The molecule has 0 aliphatic rings. The Morgan fingerprint density at radius 2 is 2.00 bits per heavy atom. The number of aromatic nitrogens is 2. The van der Waals surface area contributed by atoms with Crippen LogP contribution in [0.4, 0.5) is 5.13 Å². The second kappa shape index (κ2) is 4.70. The summed E-state index contributed by atoms with van der Waals surface area (Å²) >= 11 is 1.58. The van der Waals surface area contributed by atoms with Crippen LogP contribution in [0.1, 0.15) is 31.7 Å². The van der Waals surface area contributed by atoms with E-state index in [2.05, 4.69) is 24.0 Å². The Hall–Kier alpha value is -0.680. The highest BCUT2D eigenvalue weighted by Crippen LogP contribution is 2.24. The third-order valence-electron chi connectivity index (χ3n) is 1.79. The van der Waals surface area contributed by atoms with Crippen molar-refractivity contribution in [1.29, 1.82) is 0 Å². The minimum absolute atomic E-state index is 0.341. The van der Waals surface area contributed by atoms with Crippen molar-refractivity contribution in [3.63, 3.8) is 0 Å². The predicted octanol–water partition coefficient (Wildman–Crippen LogP) is 1.48. The van der Waals surface area contributed by atoms with E-state index in [4.69, 9.17) is 0 Å². The number of aliphatic hydroxyl groups is 1. The normalized spacial score (nSPS) is 13.3. The van der Waals surface area contributed by atoms with E-state index in [9.17, 15) is 5.11 Å². The van der Waals surface area contributed by atoms with Gasteiger partial charge in [0.2, 0.25) is 5.13 Å². The van der Waals surface area contributed by atoms with E-state index in [1.165, 1.54) is 0 Å². The van der Waals surface area contributed by atoms with Gasteiger partial charge in [-0.1, -0.05) is 25.2 Å². The Morgan fingerprint density at radius 3 is 2.43 bits per heavy atom. The Kier molecular flexibility index (Phi) is 3.83. The second-order valence-corrected chi connectivity index (χ2v) is 4.79. The molecular formula is C9H17N3OS. The van der Waals surface area contributed by atoms with Crippen LogP contribution in [0, 0.1) is 0 Å². The molecule has 0 saturated heterocycles. The highest BCUT2D eigenvalue weighted by atomic mass is 32.1. The fraction of sp³-hybridized carbons (Fsp3) is 0.778. The summed E-state index contributed by atoms with van der Waals surface area (Å²) in [6.07, 6.45) is -0.341. The van der Waals surface area contributed by atoms with Gasteiger partial charge >= 0.3 is 0 Å². The van der Waals surface area contributed by atoms with E-state index >= 15 is 0 Å². The lowest BCUT2D eigenvalue weighted by Crippen LogP contribution is -2.26. The molecule has 1 atom stereocenters. The van der Waals surface area contributed by atoms with Gasteiger partial charge < -0.3 is 10.0 Å². The topological polar surface area (TPSA) is 49.2 Å². The lowest BCUT2D eigenvalue weighted by molar-refractivity contribution is 0.201. The van der Waals surface area contributed by atoms with E-state index in [0.29, 0.717) is 12.5 Å². The number of hydrogen-bond acceptors (Lipinski definition) is 5. The van der Waals surface area contributed by atoms with Gasteiger partial charge in [0.25, 0.3) is 0 Å². The Bertz CT molecular complexity index is 285. The molecule has 5 heteroatoms. The zero-order valence-corrected chi connectivity index (χ0v) is 9.88. The zero-order chi connectivity index (χ0) is 10.7. The van der Waals surface area contributed by atoms with Gasteiger partial charge in [0, 0.05) is 19.5 Å². The van der Waals surface area contributed by atoms with Crippen molar-refractivity contribution in [2.45, 2.75) is 32.8 Å². The Labute approximate surface area is 88.6 Å². The van der Waals surface area contributed by atoms with Crippen molar-refractivity contribution in [3.8, 4) is 0 Å². The minimum Gasteiger partial charge on any atom is -0.392 e. The molecule has 0 bridgehead atoms. The average molecular weight is 215 g/mol. The molecule has 0 amide bonds. The number of rotatable bonds is 4. The van der Waals surface area contributed by atoms with Crippen molar-refractivity contribution in [3.05, 3.63) is 5.01 Å². The number of hydrogen-bond donors (Lipinski definition) is 1. The second-order valence-electron chi connectivity index (χ2n) is 3.81. The third-order valence-corrected chi connectivity index (χ3v) is 3.13. The van der Waals surface area contributed by atoms with Gasteiger partial charge in [0.1, 0.15) is 5.01 Å². The fourth-order valence-corrected chi connectivity index (χ4v) is 1.90. The molecule has 14 heavy (non-hydrogen) atoms. The quantitative estimate of drug-likeness (QED) is 0.826. The van der Waals surface area contributed by atoms with Crippen molar-refractivity contribution in [1.82, 2.24) is 10.2 Å². The lowest BCUT2D eigenvalue weighted by atomic mass is 10.2. The van der Waals surface area contributed by atoms with E-state index in [0.717, 1.165) is 10.1 Å². The summed E-state index contributed by atoms with van der Waals surface area (Å²) in [4.78, 5) is 1.92. The van der Waals surface area contributed by atoms with Crippen LogP contribution < -0.4 is 4.90 Å². The standard InChI is InChI=1S/C9H17N3OS/c1-6(2)8-10-11-9(14-8)12(4)5-7(3)13/h6-7,13H,5H2,1-4H3/t7-/m0/s1. The number of nitrogens with zero attached hydrogens (tertiary/aromatic N) is 3. The van der Waals surface area contributed by atoms with Crippen molar-refractivity contribution >= 4 is 16.5 Å². The maximum atomic E-state index is 9.21. The Morgan fingerprint density at radius 1 is 1.36 bits per heavy atom. The molecule has 0 spiro atoms. The lowest BCUT2D eigenvalue weighted by Gasteiger charge is -2.16. The molecule has 0 aliphatic heterocycles. The maximum absolute atomic E-state index is 9.21. The van der Waals surface area contributed by atoms with E-state index < -0.39 is 0 Å². The van der Waals surface area contributed by atoms with E-state index in [1.807, 2.05) is 11.9 Å². The molecule has 0 aromatic carbocycles. The van der Waals surface area contributed by atoms with Crippen molar-refractivity contribution < 1.29 is 5.11 Å². The first-order valence-corrected chi connectivity index (χ1v) is 5.55. The molecule has 0 unspecified atom stereocenters. The number of likely N-dealkylation sites (N-methyl/N-ethyl adjacent to an activating group) is 1. The molecule has 1 N–H and O–H groups in total. The van der Waals surface area contributed by atoms with Crippen LogP contribution in [0.25, 0.3) is 0 Å².